The van der Waals surface area contributed by atoms with Gasteiger partial charge >= 0.3 is 18.4 Å². The highest BCUT2D eigenvalue weighted by atomic mass is 19.3. The number of amides is 3. The van der Waals surface area contributed by atoms with E-state index in [9.17, 15) is 27.2 Å². The fourth-order valence-corrected chi connectivity index (χ4v) is 1.66. The van der Waals surface area contributed by atoms with Crippen molar-refractivity contribution in [1.82, 2.24) is 5.32 Å². The van der Waals surface area contributed by atoms with E-state index in [0.29, 0.717) is 11.3 Å². The van der Waals surface area contributed by atoms with Gasteiger partial charge in [-0.3, -0.25) is 10.1 Å². The molecule has 0 aliphatic carbocycles. The molecule has 3 amide bonds. The first-order valence-electron chi connectivity index (χ1n) is 6.81. The Kier molecular flexibility index (Phi) is 6.96. The van der Waals surface area contributed by atoms with Gasteiger partial charge in [-0.15, -0.1) is 0 Å². The third kappa shape index (κ3) is 6.41. The van der Waals surface area contributed by atoms with Crippen LogP contribution in [0.2, 0.25) is 0 Å². The second-order valence-electron chi connectivity index (χ2n) is 4.97. The second kappa shape index (κ2) is 8.48. The molecule has 1 aromatic carbocycles. The van der Waals surface area contributed by atoms with E-state index < -0.39 is 36.9 Å². The van der Waals surface area contributed by atoms with E-state index in [2.05, 4.69) is 10.1 Å². The van der Waals surface area contributed by atoms with Crippen molar-refractivity contribution in [2.75, 3.05) is 11.9 Å². The normalized spacial score (nSPS) is 12.8. The fraction of sp³-hybridized carbons (Fsp3) is 0.429. The van der Waals surface area contributed by atoms with Gasteiger partial charge in [0, 0.05) is 5.69 Å². The summed E-state index contributed by atoms with van der Waals surface area (Å²) in [7, 11) is 0. The van der Waals surface area contributed by atoms with Crippen molar-refractivity contribution in [1.29, 1.82) is 0 Å². The van der Waals surface area contributed by atoms with Crippen molar-refractivity contribution in [3.05, 3.63) is 29.8 Å². The molecule has 10 heteroatoms. The number of hydrogen-bond donors (Lipinski definition) is 3. The van der Waals surface area contributed by atoms with Gasteiger partial charge in [0.25, 0.3) is 0 Å². The number of primary amides is 1. The van der Waals surface area contributed by atoms with Crippen LogP contribution in [0, 0.1) is 0 Å². The first-order chi connectivity index (χ1) is 11.1. The zero-order chi connectivity index (χ0) is 18.3. The van der Waals surface area contributed by atoms with Gasteiger partial charge < -0.3 is 15.8 Å². The number of rotatable bonds is 8. The maximum atomic E-state index is 12.7. The molecule has 0 aliphatic rings. The summed E-state index contributed by atoms with van der Waals surface area (Å²) in [5.41, 5.74) is 5.72. The molecule has 134 valence electrons. The molecule has 0 fully saturated rings. The van der Waals surface area contributed by atoms with Crippen molar-refractivity contribution in [3.8, 4) is 0 Å². The van der Waals surface area contributed by atoms with Gasteiger partial charge in [-0.2, -0.15) is 8.78 Å². The number of halogens is 4. The van der Waals surface area contributed by atoms with Crippen molar-refractivity contribution < 1.29 is 31.9 Å². The van der Waals surface area contributed by atoms with Gasteiger partial charge in [0.15, 0.2) is 0 Å². The van der Waals surface area contributed by atoms with Crippen molar-refractivity contribution in [3.63, 3.8) is 0 Å². The first kappa shape index (κ1) is 19.7. The molecule has 0 unspecified atom stereocenters. The number of carbonyl (C=O) groups excluding carboxylic acids is 2. The minimum atomic E-state index is -4.21. The second-order valence-corrected chi connectivity index (χ2v) is 4.97. The van der Waals surface area contributed by atoms with Crippen LogP contribution in [0.4, 0.5) is 28.0 Å². The molecule has 6 nitrogen and oxygen atoms in total. The average molecular weight is 351 g/mol. The lowest BCUT2D eigenvalue weighted by Gasteiger charge is -2.16. The number of carbonyl (C=O) groups is 2. The summed E-state index contributed by atoms with van der Waals surface area (Å²) in [4.78, 5) is 22.1. The van der Waals surface area contributed by atoms with Gasteiger partial charge in [0.1, 0.15) is 12.6 Å². The number of urea groups is 1. The maximum absolute atomic E-state index is 12.7. The molecule has 4 N–H and O–H groups in total. The number of alkyl halides is 4. The predicted molar refractivity (Wildman–Crippen MR) is 77.9 cm³/mol. The van der Waals surface area contributed by atoms with Gasteiger partial charge in [-0.1, -0.05) is 12.1 Å². The van der Waals surface area contributed by atoms with Crippen molar-refractivity contribution in [2.45, 2.75) is 31.9 Å². The monoisotopic (exact) mass is 351 g/mol. The minimum absolute atomic E-state index is 0.306. The van der Waals surface area contributed by atoms with E-state index in [1.807, 2.05) is 5.32 Å². The highest BCUT2D eigenvalue weighted by molar-refractivity contribution is 5.97. The number of hydrogen-bond acceptors (Lipinski definition) is 4. The highest BCUT2D eigenvalue weighted by Gasteiger charge is 2.40. The molecule has 0 aliphatic heterocycles. The first-order valence-corrected chi connectivity index (χ1v) is 6.81. The lowest BCUT2D eigenvalue weighted by molar-refractivity contribution is -0.168. The summed E-state index contributed by atoms with van der Waals surface area (Å²) >= 11 is 0. The molecule has 0 spiro atoms. The van der Waals surface area contributed by atoms with Crippen LogP contribution in [0.3, 0.4) is 0 Å². The molecule has 0 saturated carbocycles. The Hall–Kier alpha value is -2.36. The summed E-state index contributed by atoms with van der Waals surface area (Å²) < 4.78 is 54.1. The lowest BCUT2D eigenvalue weighted by Crippen LogP contribution is -2.43. The molecule has 1 aromatic rings. The van der Waals surface area contributed by atoms with Crippen LogP contribution in [0.1, 0.15) is 12.5 Å². The summed E-state index contributed by atoms with van der Waals surface area (Å²) in [6.07, 6.45) is -3.80. The van der Waals surface area contributed by atoms with E-state index in [0.717, 1.165) is 0 Å². The van der Waals surface area contributed by atoms with E-state index in [1.54, 1.807) is 18.2 Å². The van der Waals surface area contributed by atoms with Crippen molar-refractivity contribution >= 4 is 17.6 Å². The number of nitrogens with two attached hydrogens (primary N) is 1. The van der Waals surface area contributed by atoms with E-state index in [4.69, 9.17) is 5.73 Å². The van der Waals surface area contributed by atoms with Crippen LogP contribution in [0.5, 0.6) is 0 Å². The molecule has 1 rings (SSSR count). The number of imide groups is 1. The molecule has 0 aromatic heterocycles. The van der Waals surface area contributed by atoms with E-state index in [1.165, 1.54) is 13.0 Å². The third-order valence-electron chi connectivity index (χ3n) is 2.83. The number of benzene rings is 1. The smallest absolute Gasteiger partial charge is 0.330 e. The van der Waals surface area contributed by atoms with Crippen LogP contribution in [-0.2, 0) is 16.1 Å². The van der Waals surface area contributed by atoms with Crippen LogP contribution in [-0.4, -0.2) is 36.9 Å². The zero-order valence-electron chi connectivity index (χ0n) is 12.7. The Labute approximate surface area is 135 Å². The van der Waals surface area contributed by atoms with E-state index >= 15 is 0 Å². The Balaban J connectivity index is 2.58. The van der Waals surface area contributed by atoms with Crippen molar-refractivity contribution in [2.24, 2.45) is 5.73 Å². The topological polar surface area (TPSA) is 93.4 Å². The lowest BCUT2D eigenvalue weighted by atomic mass is 10.2. The third-order valence-corrected chi connectivity index (χ3v) is 2.83. The van der Waals surface area contributed by atoms with Gasteiger partial charge in [-0.05, 0) is 24.6 Å². The summed E-state index contributed by atoms with van der Waals surface area (Å²) in [5, 5.41) is 4.67. The van der Waals surface area contributed by atoms with Crippen LogP contribution in [0.15, 0.2) is 24.3 Å². The minimum Gasteiger partial charge on any atom is -0.374 e. The van der Waals surface area contributed by atoms with Crippen LogP contribution >= 0.6 is 0 Å². The largest absolute Gasteiger partial charge is 0.374 e. The average Bonchev–Trinajstić information content (AvgIpc) is 2.46. The molecular formula is C14H17F4N3O3. The Bertz CT molecular complexity index is 584. The molecule has 0 radical (unpaired) electrons. The molecule has 0 bridgehead atoms. The molecule has 1 atom stereocenters. The quantitative estimate of drug-likeness (QED) is 0.625. The molecule has 0 saturated heterocycles. The highest BCUT2D eigenvalue weighted by Crippen LogP contribution is 2.23. The Morgan fingerprint density at radius 1 is 1.33 bits per heavy atom. The summed E-state index contributed by atoms with van der Waals surface area (Å²) in [6, 6.07) is 4.40. The maximum Gasteiger partial charge on any atom is 0.330 e. The van der Waals surface area contributed by atoms with Gasteiger partial charge in [0.2, 0.25) is 5.91 Å². The zero-order valence-corrected chi connectivity index (χ0v) is 12.7. The van der Waals surface area contributed by atoms with Gasteiger partial charge in [-0.25, -0.2) is 13.6 Å². The van der Waals surface area contributed by atoms with E-state index in [-0.39, 0.29) is 6.61 Å². The SMILES string of the molecule is C[C@H](Nc1cccc(COCC(F)(F)C(F)F)c1)C(=O)NC(N)=O. The van der Waals surface area contributed by atoms with Gasteiger partial charge in [0.05, 0.1) is 6.61 Å². The predicted octanol–water partition coefficient (Wildman–Crippen LogP) is 2.10. The van der Waals surface area contributed by atoms with Crippen LogP contribution in [0.25, 0.3) is 0 Å². The standard InChI is InChI=1S/C14H17F4N3O3/c1-8(11(22)21-13(19)23)20-10-4-2-3-9(5-10)6-24-7-14(17,18)12(15)16/h2-5,8,12,20H,6-7H2,1H3,(H3,19,21,22,23)/t8-/m0/s1. The van der Waals surface area contributed by atoms with Crippen LogP contribution < -0.4 is 16.4 Å². The molecular weight excluding hydrogens is 334 g/mol. The Morgan fingerprint density at radius 3 is 2.58 bits per heavy atom. The molecule has 24 heavy (non-hydrogen) atoms. The Morgan fingerprint density at radius 2 is 2.00 bits per heavy atom. The number of anilines is 1. The number of ether oxygens (including phenoxy) is 1. The summed E-state index contributed by atoms with van der Waals surface area (Å²) in [5.74, 6) is -4.86. The fourth-order valence-electron chi connectivity index (χ4n) is 1.66. The number of nitrogens with one attached hydrogen (secondary N) is 2. The molecule has 0 heterocycles. The summed E-state index contributed by atoms with van der Waals surface area (Å²) in [6.45, 7) is -0.232.